The number of amides is 1. The highest BCUT2D eigenvalue weighted by molar-refractivity contribution is 5.97. The zero-order chi connectivity index (χ0) is 20.9. The van der Waals surface area contributed by atoms with Gasteiger partial charge in [0, 0.05) is 23.9 Å². The summed E-state index contributed by atoms with van der Waals surface area (Å²) in [5.41, 5.74) is 5.10. The van der Waals surface area contributed by atoms with Crippen LogP contribution in [0.15, 0.2) is 36.5 Å². The molecule has 2 aliphatic rings. The number of nitrogens with zero attached hydrogens (tertiary/aromatic N) is 3. The summed E-state index contributed by atoms with van der Waals surface area (Å²) in [6.07, 6.45) is 2.48. The fourth-order valence-electron chi connectivity index (χ4n) is 3.96. The summed E-state index contributed by atoms with van der Waals surface area (Å²) in [5.74, 6) is -0.0880. The molecule has 1 aliphatic carbocycles. The van der Waals surface area contributed by atoms with Gasteiger partial charge in [0.25, 0.3) is 5.91 Å². The highest BCUT2D eigenvalue weighted by Crippen LogP contribution is 2.35. The first kappa shape index (κ1) is 18.6. The van der Waals surface area contributed by atoms with E-state index in [1.54, 1.807) is 16.8 Å². The zero-order valence-corrected chi connectivity index (χ0v) is 15.8. The molecule has 3 aromatic rings. The third-order valence-corrected chi connectivity index (χ3v) is 5.47. The van der Waals surface area contributed by atoms with Crippen LogP contribution in [0.1, 0.15) is 38.4 Å². The van der Waals surface area contributed by atoms with E-state index in [-0.39, 0.29) is 5.91 Å². The summed E-state index contributed by atoms with van der Waals surface area (Å²) in [6.45, 7) is 1.21. The average molecular weight is 410 g/mol. The summed E-state index contributed by atoms with van der Waals surface area (Å²) in [7, 11) is 0. The van der Waals surface area contributed by atoms with Gasteiger partial charge in [0.05, 0.1) is 23.5 Å². The lowest BCUT2D eigenvalue weighted by atomic mass is 9.89. The summed E-state index contributed by atoms with van der Waals surface area (Å²) < 4.78 is 39.9. The Morgan fingerprint density at radius 3 is 2.67 bits per heavy atom. The molecule has 1 aliphatic heterocycles. The second kappa shape index (κ2) is 6.83. The van der Waals surface area contributed by atoms with Crippen LogP contribution in [-0.2, 0) is 25.6 Å². The van der Waals surface area contributed by atoms with Crippen LogP contribution in [0.25, 0.3) is 23.4 Å². The van der Waals surface area contributed by atoms with Gasteiger partial charge in [-0.25, -0.2) is 0 Å². The van der Waals surface area contributed by atoms with E-state index in [9.17, 15) is 18.0 Å². The summed E-state index contributed by atoms with van der Waals surface area (Å²) in [6, 6.07) is 6.90. The van der Waals surface area contributed by atoms with Crippen LogP contribution in [0.3, 0.4) is 0 Å². The predicted octanol–water partition coefficient (Wildman–Crippen LogP) is 3.98. The smallest absolute Gasteiger partial charge is 0.349 e. The predicted molar refractivity (Wildman–Crippen MR) is 106 cm³/mol. The molecule has 0 spiro atoms. The van der Waals surface area contributed by atoms with Gasteiger partial charge in [0.15, 0.2) is 0 Å². The van der Waals surface area contributed by atoms with E-state index in [2.05, 4.69) is 15.4 Å². The van der Waals surface area contributed by atoms with E-state index in [0.717, 1.165) is 47.4 Å². The van der Waals surface area contributed by atoms with Crippen LogP contribution in [-0.4, -0.2) is 27.2 Å². The highest BCUT2D eigenvalue weighted by atomic mass is 19.4. The number of rotatable bonds is 2. The Kier molecular flexibility index (Phi) is 4.23. The molecule has 8 heteroatoms. The Bertz CT molecular complexity index is 1180. The van der Waals surface area contributed by atoms with E-state index in [1.807, 2.05) is 12.3 Å². The van der Waals surface area contributed by atoms with Crippen LogP contribution < -0.4 is 5.32 Å². The van der Waals surface area contributed by atoms with Crippen molar-refractivity contribution in [1.29, 1.82) is 0 Å². The highest BCUT2D eigenvalue weighted by Gasteiger charge is 2.31. The van der Waals surface area contributed by atoms with Gasteiger partial charge in [0.2, 0.25) is 0 Å². The van der Waals surface area contributed by atoms with Gasteiger partial charge in [-0.05, 0) is 48.2 Å². The van der Waals surface area contributed by atoms with Gasteiger partial charge in [0.1, 0.15) is 5.69 Å². The van der Waals surface area contributed by atoms with Crippen molar-refractivity contribution in [2.24, 2.45) is 0 Å². The number of pyridine rings is 1. The number of hydrogen-bond acceptors (Lipinski definition) is 3. The number of benzene rings is 1. The van der Waals surface area contributed by atoms with Crippen LogP contribution in [0.4, 0.5) is 13.2 Å². The van der Waals surface area contributed by atoms with E-state index < -0.39 is 11.7 Å². The lowest BCUT2D eigenvalue weighted by Gasteiger charge is -2.17. The summed E-state index contributed by atoms with van der Waals surface area (Å²) in [5, 5.41) is 7.54. The fourth-order valence-corrected chi connectivity index (χ4v) is 3.96. The Labute approximate surface area is 170 Å². The van der Waals surface area contributed by atoms with Crippen LogP contribution >= 0.6 is 0 Å². The first-order valence-corrected chi connectivity index (χ1v) is 9.63. The van der Waals surface area contributed by atoms with E-state index in [4.69, 9.17) is 0 Å². The average Bonchev–Trinajstić information content (AvgIpc) is 3.12. The number of aromatic nitrogens is 3. The quantitative estimate of drug-likeness (QED) is 0.695. The molecule has 2 aromatic heterocycles. The van der Waals surface area contributed by atoms with Gasteiger partial charge in [-0.3, -0.25) is 14.5 Å². The number of hydrogen-bond donors (Lipinski definition) is 1. The van der Waals surface area contributed by atoms with Gasteiger partial charge in [-0.2, -0.15) is 18.3 Å². The third-order valence-electron chi connectivity index (χ3n) is 5.47. The first-order chi connectivity index (χ1) is 14.4. The van der Waals surface area contributed by atoms with Crippen molar-refractivity contribution in [2.45, 2.75) is 25.6 Å². The minimum Gasteiger partial charge on any atom is -0.349 e. The minimum absolute atomic E-state index is 0.0880. The number of aryl methyl sites for hydroxylation is 1. The van der Waals surface area contributed by atoms with Crippen molar-refractivity contribution >= 4 is 18.1 Å². The Morgan fingerprint density at radius 1 is 1.10 bits per heavy atom. The molecule has 152 valence electrons. The molecule has 3 heterocycles. The van der Waals surface area contributed by atoms with E-state index in [1.165, 1.54) is 12.1 Å². The monoisotopic (exact) mass is 410 g/mol. The van der Waals surface area contributed by atoms with Gasteiger partial charge < -0.3 is 5.32 Å². The molecule has 5 nitrogen and oxygen atoms in total. The molecular formula is C22H17F3N4O. The second-order valence-corrected chi connectivity index (χ2v) is 7.37. The van der Waals surface area contributed by atoms with Crippen molar-refractivity contribution in [1.82, 2.24) is 20.1 Å². The molecule has 1 aromatic carbocycles. The topological polar surface area (TPSA) is 59.8 Å². The molecule has 0 saturated heterocycles. The van der Waals surface area contributed by atoms with Crippen molar-refractivity contribution in [3.8, 4) is 11.3 Å². The first-order valence-electron chi connectivity index (χ1n) is 9.63. The fraction of sp³-hybridized carbons (Fsp3) is 0.227. The van der Waals surface area contributed by atoms with Crippen LogP contribution in [0.2, 0.25) is 0 Å². The van der Waals surface area contributed by atoms with Gasteiger partial charge >= 0.3 is 6.18 Å². The van der Waals surface area contributed by atoms with Crippen LogP contribution in [0, 0.1) is 0 Å². The maximum absolute atomic E-state index is 12.7. The second-order valence-electron chi connectivity index (χ2n) is 7.37. The Morgan fingerprint density at radius 2 is 1.90 bits per heavy atom. The number of carbonyl (C=O) groups is 1. The normalized spacial score (nSPS) is 15.5. The Balaban J connectivity index is 1.46. The minimum atomic E-state index is -4.35. The SMILES string of the molecule is O=C1NCCn2nc3c(c21)CCc1cnc(/C=C/c2ccc(C(F)(F)F)cc2)cc1-3. The van der Waals surface area contributed by atoms with Crippen LogP contribution in [0.5, 0.6) is 0 Å². The molecule has 0 bridgehead atoms. The van der Waals surface area contributed by atoms with Crippen molar-refractivity contribution < 1.29 is 18.0 Å². The molecular weight excluding hydrogens is 393 g/mol. The van der Waals surface area contributed by atoms with E-state index in [0.29, 0.717) is 30.0 Å². The number of nitrogens with one attached hydrogen (secondary N) is 1. The molecule has 30 heavy (non-hydrogen) atoms. The molecule has 0 saturated carbocycles. The van der Waals surface area contributed by atoms with E-state index >= 15 is 0 Å². The third kappa shape index (κ3) is 3.18. The summed E-state index contributed by atoms with van der Waals surface area (Å²) in [4.78, 5) is 16.7. The molecule has 0 atom stereocenters. The zero-order valence-electron chi connectivity index (χ0n) is 15.8. The molecule has 0 fully saturated rings. The lowest BCUT2D eigenvalue weighted by Crippen LogP contribution is -2.36. The van der Waals surface area contributed by atoms with Crippen molar-refractivity contribution in [2.75, 3.05) is 6.54 Å². The lowest BCUT2D eigenvalue weighted by molar-refractivity contribution is -0.137. The molecule has 0 unspecified atom stereocenters. The summed E-state index contributed by atoms with van der Waals surface area (Å²) >= 11 is 0. The van der Waals surface area contributed by atoms with Crippen molar-refractivity contribution in [3.05, 3.63) is 70.2 Å². The molecule has 1 N–H and O–H groups in total. The largest absolute Gasteiger partial charge is 0.416 e. The standard InChI is InChI=1S/C22H17F3N4O/c23-22(24,25)15-5-1-13(2-6-15)3-7-16-11-18-14(12-27-16)4-8-17-19(18)28-29-10-9-26-21(30)20(17)29/h1-3,5-7,11-12H,4,8-10H2,(H,26,30)/b7-3+. The Hall–Kier alpha value is -3.42. The molecule has 0 radical (unpaired) electrons. The number of alkyl halides is 3. The van der Waals surface area contributed by atoms with Gasteiger partial charge in [-0.1, -0.05) is 18.2 Å². The van der Waals surface area contributed by atoms with Crippen molar-refractivity contribution in [3.63, 3.8) is 0 Å². The molecule has 5 rings (SSSR count). The maximum atomic E-state index is 12.7. The molecule has 1 amide bonds. The van der Waals surface area contributed by atoms with Gasteiger partial charge in [-0.15, -0.1) is 0 Å². The number of carbonyl (C=O) groups excluding carboxylic acids is 1. The number of fused-ring (bicyclic) bond motifs is 5. The maximum Gasteiger partial charge on any atom is 0.416 e. The number of halogens is 3.